The average Bonchev–Trinajstić information content (AvgIpc) is 3.44. The minimum atomic E-state index is -0.936. The summed E-state index contributed by atoms with van der Waals surface area (Å²) in [6, 6.07) is 11.4. The number of hydrogen-bond acceptors (Lipinski definition) is 7. The van der Waals surface area contributed by atoms with Crippen LogP contribution in [-0.2, 0) is 16.1 Å². The maximum Gasteiger partial charge on any atom is 0.304 e. The number of Topliss-reactive ketones (excluding diaryl/α,β-unsaturated/α-hetero) is 1. The number of hydrogen-bond donors (Lipinski definition) is 1. The van der Waals surface area contributed by atoms with Gasteiger partial charge in [0.1, 0.15) is 0 Å². The van der Waals surface area contributed by atoms with E-state index in [4.69, 9.17) is 13.8 Å². The van der Waals surface area contributed by atoms with Crippen molar-refractivity contribution in [2.45, 2.75) is 52.6 Å². The maximum absolute atomic E-state index is 12.5. The summed E-state index contributed by atoms with van der Waals surface area (Å²) in [6.07, 6.45) is 2.64. The summed E-state index contributed by atoms with van der Waals surface area (Å²) in [5.74, 6) is -1.11. The number of carbonyl (C=O) groups excluding carboxylic acids is 1. The molecule has 8 heteroatoms. The van der Waals surface area contributed by atoms with Crippen LogP contribution in [0.3, 0.4) is 0 Å². The summed E-state index contributed by atoms with van der Waals surface area (Å²) in [5.41, 5.74) is 1.79. The summed E-state index contributed by atoms with van der Waals surface area (Å²) in [4.78, 5) is 24.0. The highest BCUT2D eigenvalue weighted by atomic mass is 16.5. The van der Waals surface area contributed by atoms with Crippen LogP contribution in [0.4, 0.5) is 0 Å². The number of ether oxygens (including phenoxy) is 1. The molecule has 1 N–H and O–H groups in total. The van der Waals surface area contributed by atoms with Gasteiger partial charge < -0.3 is 18.9 Å². The number of aliphatic carboxylic acids is 1. The Balaban J connectivity index is 1.72. The molecule has 3 aromatic rings. The predicted octanol–water partition coefficient (Wildman–Crippen LogP) is 5.76. The number of benzene rings is 1. The number of aromatic nitrogens is 2. The van der Waals surface area contributed by atoms with Gasteiger partial charge in [-0.15, -0.1) is 0 Å². The normalized spacial score (nSPS) is 12.4. The molecule has 0 saturated carbocycles. The molecule has 0 aliphatic carbocycles. The van der Waals surface area contributed by atoms with E-state index < -0.39 is 17.3 Å². The zero-order valence-electron chi connectivity index (χ0n) is 19.7. The second-order valence-corrected chi connectivity index (χ2v) is 9.15. The fraction of sp³-hybridized carbons (Fsp3) is 0.385. The Hall–Kier alpha value is -3.52. The van der Waals surface area contributed by atoms with Crippen molar-refractivity contribution in [2.75, 3.05) is 6.61 Å². The molecule has 3 rings (SSSR count). The largest absolute Gasteiger partial charge is 0.481 e. The lowest BCUT2D eigenvalue weighted by molar-refractivity contribution is -0.137. The van der Waals surface area contributed by atoms with E-state index in [-0.39, 0.29) is 23.7 Å². The Bertz CT molecular complexity index is 1120. The van der Waals surface area contributed by atoms with Gasteiger partial charge in [-0.25, -0.2) is 0 Å². The Kier molecular flexibility index (Phi) is 8.17. The van der Waals surface area contributed by atoms with E-state index in [1.807, 2.05) is 30.3 Å². The molecule has 0 fully saturated rings. The standard InChI is InChI=1S/C26H30N2O6/c1-5-19-23(28-34-24(19)20-15-21(33-27-20)25(31)26(2,3)4)18(14-22(29)30)12-9-13-32-16-17-10-7-6-8-11-17/h5-8,10-11,15,18H,1,9,12-14,16H2,2-4H3,(H,29,30)/t18-/m0/s1. The fourth-order valence-electron chi connectivity index (χ4n) is 3.59. The number of carboxylic acid groups (broad SMARTS) is 1. The topological polar surface area (TPSA) is 116 Å². The summed E-state index contributed by atoms with van der Waals surface area (Å²) in [5, 5.41) is 17.6. The van der Waals surface area contributed by atoms with Crippen LogP contribution in [0.1, 0.15) is 73.3 Å². The average molecular weight is 467 g/mol. The van der Waals surface area contributed by atoms with E-state index in [0.29, 0.717) is 43.0 Å². The van der Waals surface area contributed by atoms with Gasteiger partial charge in [0.05, 0.1) is 18.7 Å². The predicted molar refractivity (Wildman–Crippen MR) is 126 cm³/mol. The van der Waals surface area contributed by atoms with Crippen LogP contribution < -0.4 is 0 Å². The number of nitrogens with zero attached hydrogens (tertiary/aromatic N) is 2. The number of ketones is 1. The van der Waals surface area contributed by atoms with E-state index in [2.05, 4.69) is 16.9 Å². The van der Waals surface area contributed by atoms with Crippen molar-refractivity contribution in [2.24, 2.45) is 5.41 Å². The molecule has 180 valence electrons. The van der Waals surface area contributed by atoms with Crippen LogP contribution in [0, 0.1) is 5.41 Å². The van der Waals surface area contributed by atoms with Gasteiger partial charge in [0.2, 0.25) is 11.5 Å². The molecule has 1 atom stereocenters. The van der Waals surface area contributed by atoms with Crippen molar-refractivity contribution >= 4 is 17.8 Å². The van der Waals surface area contributed by atoms with Crippen molar-refractivity contribution in [3.8, 4) is 11.5 Å². The van der Waals surface area contributed by atoms with E-state index in [1.165, 1.54) is 6.07 Å². The van der Waals surface area contributed by atoms with E-state index in [0.717, 1.165) is 5.56 Å². The first-order valence-corrected chi connectivity index (χ1v) is 11.2. The maximum atomic E-state index is 12.5. The quantitative estimate of drug-likeness (QED) is 0.265. The molecule has 0 bridgehead atoms. The van der Waals surface area contributed by atoms with Crippen LogP contribution in [0.5, 0.6) is 0 Å². The molecule has 34 heavy (non-hydrogen) atoms. The minimum absolute atomic E-state index is 0.113. The van der Waals surface area contributed by atoms with Gasteiger partial charge in [0.25, 0.3) is 0 Å². The molecule has 0 saturated heterocycles. The molecule has 8 nitrogen and oxygen atoms in total. The molecular weight excluding hydrogens is 436 g/mol. The van der Waals surface area contributed by atoms with Crippen LogP contribution >= 0.6 is 0 Å². The summed E-state index contributed by atoms with van der Waals surface area (Å²) < 4.78 is 16.5. The molecule has 0 radical (unpaired) electrons. The van der Waals surface area contributed by atoms with Crippen LogP contribution in [0.2, 0.25) is 0 Å². The SMILES string of the molecule is C=Cc1c([C@@H](CCCOCc2ccccc2)CC(=O)O)noc1-c1cc(C(=O)C(C)(C)C)on1. The Morgan fingerprint density at radius 3 is 2.56 bits per heavy atom. The van der Waals surface area contributed by atoms with Gasteiger partial charge >= 0.3 is 5.97 Å². The molecule has 0 unspecified atom stereocenters. The second kappa shape index (κ2) is 11.1. The number of carboxylic acids is 1. The Morgan fingerprint density at radius 1 is 1.18 bits per heavy atom. The van der Waals surface area contributed by atoms with Crippen LogP contribution in [0.25, 0.3) is 17.5 Å². The Morgan fingerprint density at radius 2 is 1.91 bits per heavy atom. The van der Waals surface area contributed by atoms with Crippen molar-refractivity contribution in [3.05, 3.63) is 65.6 Å². The monoisotopic (exact) mass is 466 g/mol. The minimum Gasteiger partial charge on any atom is -0.481 e. The van der Waals surface area contributed by atoms with Crippen molar-refractivity contribution < 1.29 is 28.5 Å². The third-order valence-corrected chi connectivity index (χ3v) is 5.37. The van der Waals surface area contributed by atoms with Gasteiger partial charge in [-0.1, -0.05) is 74.1 Å². The van der Waals surface area contributed by atoms with Crippen LogP contribution in [-0.4, -0.2) is 33.8 Å². The third kappa shape index (κ3) is 6.29. The van der Waals surface area contributed by atoms with E-state index in [9.17, 15) is 14.7 Å². The second-order valence-electron chi connectivity index (χ2n) is 9.15. The van der Waals surface area contributed by atoms with Gasteiger partial charge in [-0.3, -0.25) is 9.59 Å². The molecule has 2 aromatic heterocycles. The summed E-state index contributed by atoms with van der Waals surface area (Å²) >= 11 is 0. The Labute approximate surface area is 198 Å². The highest BCUT2D eigenvalue weighted by Crippen LogP contribution is 2.35. The molecule has 0 aliphatic heterocycles. The van der Waals surface area contributed by atoms with Crippen molar-refractivity contribution in [1.82, 2.24) is 10.3 Å². The highest BCUT2D eigenvalue weighted by Gasteiger charge is 2.30. The first kappa shape index (κ1) is 25.1. The van der Waals surface area contributed by atoms with Crippen LogP contribution in [0.15, 0.2) is 52.0 Å². The lowest BCUT2D eigenvalue weighted by Gasteiger charge is -2.13. The third-order valence-electron chi connectivity index (χ3n) is 5.37. The molecule has 0 spiro atoms. The highest BCUT2D eigenvalue weighted by molar-refractivity contribution is 5.98. The lowest BCUT2D eigenvalue weighted by Crippen LogP contribution is -2.19. The molecule has 2 heterocycles. The van der Waals surface area contributed by atoms with Gasteiger partial charge in [-0.2, -0.15) is 0 Å². The van der Waals surface area contributed by atoms with Gasteiger partial charge in [0, 0.05) is 29.6 Å². The van der Waals surface area contributed by atoms with Gasteiger partial charge in [0.15, 0.2) is 11.5 Å². The summed E-state index contributed by atoms with van der Waals surface area (Å²) in [6.45, 7) is 10.2. The first-order chi connectivity index (χ1) is 16.2. The molecule has 0 aliphatic rings. The lowest BCUT2D eigenvalue weighted by atomic mass is 9.89. The number of carbonyl (C=O) groups is 2. The summed E-state index contributed by atoms with van der Waals surface area (Å²) in [7, 11) is 0. The number of rotatable bonds is 12. The zero-order valence-corrected chi connectivity index (χ0v) is 19.7. The van der Waals surface area contributed by atoms with Crippen molar-refractivity contribution in [3.63, 3.8) is 0 Å². The van der Waals surface area contributed by atoms with Gasteiger partial charge in [-0.05, 0) is 18.4 Å². The molecular formula is C26H30N2O6. The smallest absolute Gasteiger partial charge is 0.304 e. The van der Waals surface area contributed by atoms with Crippen molar-refractivity contribution in [1.29, 1.82) is 0 Å². The van der Waals surface area contributed by atoms with E-state index in [1.54, 1.807) is 26.8 Å². The first-order valence-electron chi connectivity index (χ1n) is 11.2. The zero-order chi connectivity index (χ0) is 24.7. The van der Waals surface area contributed by atoms with E-state index >= 15 is 0 Å². The molecule has 0 amide bonds. The fourth-order valence-corrected chi connectivity index (χ4v) is 3.59. The molecule has 1 aromatic carbocycles.